The zero-order chi connectivity index (χ0) is 24.7. The summed E-state index contributed by atoms with van der Waals surface area (Å²) in [5, 5.41) is 2.84. The van der Waals surface area contributed by atoms with Gasteiger partial charge in [-0.15, -0.1) is 0 Å². The number of anilines is 1. The number of esters is 1. The first-order valence-corrected chi connectivity index (χ1v) is 12.0. The van der Waals surface area contributed by atoms with Gasteiger partial charge in [-0.2, -0.15) is 0 Å². The fraction of sp³-hybridized carbons (Fsp3) is 0.708. The average Bonchev–Trinajstić information content (AvgIpc) is 3.58. The van der Waals surface area contributed by atoms with Crippen LogP contribution in [0.2, 0.25) is 0 Å². The number of ether oxygens (including phenoxy) is 4. The van der Waals surface area contributed by atoms with Gasteiger partial charge in [0.15, 0.2) is 6.86 Å². The summed E-state index contributed by atoms with van der Waals surface area (Å²) in [4.78, 5) is 32.3. The van der Waals surface area contributed by atoms with Crippen molar-refractivity contribution < 1.29 is 32.9 Å². The van der Waals surface area contributed by atoms with E-state index in [1.54, 1.807) is 20.1 Å². The molecule has 2 atom stereocenters. The van der Waals surface area contributed by atoms with Gasteiger partial charge in [0.25, 0.3) is 5.91 Å². The second kappa shape index (κ2) is 11.8. The first-order chi connectivity index (χ1) is 16.4. The molecule has 9 nitrogen and oxygen atoms in total. The van der Waals surface area contributed by atoms with E-state index in [9.17, 15) is 14.0 Å². The number of hydrogen-bond donors (Lipinski definition) is 1. The molecule has 190 valence electrons. The molecular formula is C24H36FN3O6. The van der Waals surface area contributed by atoms with E-state index in [1.165, 1.54) is 0 Å². The first kappa shape index (κ1) is 26.2. The van der Waals surface area contributed by atoms with Crippen LogP contribution in [0.25, 0.3) is 0 Å². The van der Waals surface area contributed by atoms with Crippen molar-refractivity contribution in [3.63, 3.8) is 0 Å². The van der Waals surface area contributed by atoms with Crippen LogP contribution in [0.15, 0.2) is 12.1 Å². The fourth-order valence-electron chi connectivity index (χ4n) is 4.11. The monoisotopic (exact) mass is 481 g/mol. The van der Waals surface area contributed by atoms with E-state index in [1.807, 2.05) is 19.9 Å². The summed E-state index contributed by atoms with van der Waals surface area (Å²) in [5.74, 6) is -0.0330. The molecule has 2 aliphatic rings. The van der Waals surface area contributed by atoms with Gasteiger partial charge in [0.2, 0.25) is 5.88 Å². The average molecular weight is 482 g/mol. The Balaban J connectivity index is 1.75. The molecule has 10 heteroatoms. The highest BCUT2D eigenvalue weighted by atomic mass is 19.1. The van der Waals surface area contributed by atoms with Crippen molar-refractivity contribution in [2.45, 2.75) is 51.7 Å². The maximum absolute atomic E-state index is 13.1. The lowest BCUT2D eigenvalue weighted by molar-refractivity contribution is -0.151. The molecule has 0 unspecified atom stereocenters. The maximum Gasteiger partial charge on any atom is 0.331 e. The van der Waals surface area contributed by atoms with Crippen LogP contribution in [0, 0.1) is 11.8 Å². The molecule has 0 bridgehead atoms. The van der Waals surface area contributed by atoms with Crippen molar-refractivity contribution >= 4 is 17.6 Å². The Morgan fingerprint density at radius 2 is 1.88 bits per heavy atom. The number of nitrogens with one attached hydrogen (secondary N) is 1. The van der Waals surface area contributed by atoms with Gasteiger partial charge in [0.1, 0.15) is 16.9 Å². The van der Waals surface area contributed by atoms with Gasteiger partial charge in [-0.05, 0) is 50.2 Å². The summed E-state index contributed by atoms with van der Waals surface area (Å²) in [6, 6.07) is 3.44. The van der Waals surface area contributed by atoms with Gasteiger partial charge in [-0.1, -0.05) is 13.8 Å². The molecule has 0 spiro atoms. The smallest absolute Gasteiger partial charge is 0.331 e. The third-order valence-electron chi connectivity index (χ3n) is 6.73. The zero-order valence-electron chi connectivity index (χ0n) is 20.5. The van der Waals surface area contributed by atoms with Crippen LogP contribution in [-0.2, 0) is 19.0 Å². The van der Waals surface area contributed by atoms with Crippen molar-refractivity contribution in [2.75, 3.05) is 51.8 Å². The van der Waals surface area contributed by atoms with E-state index in [0.717, 1.165) is 12.1 Å². The molecule has 1 N–H and O–H groups in total. The number of carbonyl (C=O) groups excluding carboxylic acids is 2. The molecule has 1 aliphatic heterocycles. The summed E-state index contributed by atoms with van der Waals surface area (Å²) in [6.45, 7) is 7.03. The molecule has 1 aromatic rings. The van der Waals surface area contributed by atoms with E-state index in [4.69, 9.17) is 18.9 Å². The Hall–Kier alpha value is -2.46. The second-order valence-electron chi connectivity index (χ2n) is 8.79. The lowest BCUT2D eigenvalue weighted by atomic mass is 9.92. The molecule has 3 rings (SSSR count). The predicted octanol–water partition coefficient (Wildman–Crippen LogP) is 2.73. The summed E-state index contributed by atoms with van der Waals surface area (Å²) < 4.78 is 33.7. The number of alkyl halides is 1. The number of amides is 1. The Kier molecular flexibility index (Phi) is 9.07. The molecule has 1 aliphatic carbocycles. The number of hydrogen-bond acceptors (Lipinski definition) is 8. The van der Waals surface area contributed by atoms with E-state index in [-0.39, 0.29) is 30.2 Å². The molecule has 2 heterocycles. The quantitative estimate of drug-likeness (QED) is 0.405. The van der Waals surface area contributed by atoms with Gasteiger partial charge in [-0.25, -0.2) is 14.2 Å². The van der Waals surface area contributed by atoms with E-state index < -0.39 is 24.3 Å². The fourth-order valence-corrected chi connectivity index (χ4v) is 4.11. The summed E-state index contributed by atoms with van der Waals surface area (Å²) in [5.41, 5.74) is -0.175. The number of pyridine rings is 1. The molecule has 0 aromatic carbocycles. The van der Waals surface area contributed by atoms with Crippen molar-refractivity contribution in [3.05, 3.63) is 17.8 Å². The molecule has 1 amide bonds. The van der Waals surface area contributed by atoms with Crippen molar-refractivity contribution in [2.24, 2.45) is 11.8 Å². The number of nitrogens with zero attached hydrogens (tertiary/aromatic N) is 2. The minimum atomic E-state index is -1.12. The van der Waals surface area contributed by atoms with Gasteiger partial charge in [0, 0.05) is 20.2 Å². The summed E-state index contributed by atoms with van der Waals surface area (Å²) in [7, 11) is 1.68. The third-order valence-corrected chi connectivity index (χ3v) is 6.73. The van der Waals surface area contributed by atoms with Crippen LogP contribution < -0.4 is 15.0 Å². The third kappa shape index (κ3) is 5.96. The van der Waals surface area contributed by atoms with Gasteiger partial charge in [-0.3, -0.25) is 4.79 Å². The minimum Gasteiger partial charge on any atom is -0.476 e. The lowest BCUT2D eigenvalue weighted by Gasteiger charge is -2.40. The summed E-state index contributed by atoms with van der Waals surface area (Å²) >= 11 is 0. The van der Waals surface area contributed by atoms with Gasteiger partial charge < -0.3 is 29.2 Å². The number of methoxy groups -OCH3 is 1. The number of aromatic nitrogens is 1. The molecule has 1 aromatic heterocycles. The number of rotatable bonds is 14. The number of halogens is 1. The maximum atomic E-state index is 13.1. The topological polar surface area (TPSA) is 99.2 Å². The Morgan fingerprint density at radius 1 is 1.18 bits per heavy atom. The molecular weight excluding hydrogens is 445 g/mol. The van der Waals surface area contributed by atoms with Crippen molar-refractivity contribution in [3.8, 4) is 5.88 Å². The normalized spacial score (nSPS) is 20.0. The van der Waals surface area contributed by atoms with Gasteiger partial charge >= 0.3 is 5.97 Å². The standard InChI is InChI=1S/C24H36FN3O6/c1-5-24(6-2,23(30)33-7-3)27-21(29)19-8-9-20(28-11-18(12-28)31-4)22(26-19)34-14-17-10-16(17)13-32-15-25/h8-9,16-18H,5-7,10-15H2,1-4H3,(H,27,29)/t16-,17+/m1/s1. The molecule has 1 saturated carbocycles. The first-order valence-electron chi connectivity index (χ1n) is 12.0. The minimum absolute atomic E-state index is 0.140. The second-order valence-corrected chi connectivity index (χ2v) is 8.79. The van der Waals surface area contributed by atoms with E-state index in [0.29, 0.717) is 45.0 Å². The Labute approximate surface area is 200 Å². The van der Waals surface area contributed by atoms with Crippen LogP contribution in [-0.4, -0.2) is 75.4 Å². The molecule has 34 heavy (non-hydrogen) atoms. The van der Waals surface area contributed by atoms with E-state index >= 15 is 0 Å². The Morgan fingerprint density at radius 3 is 2.50 bits per heavy atom. The SMILES string of the molecule is CCOC(=O)C(CC)(CC)NC(=O)c1ccc(N2CC(OC)C2)c(OC[C@@H]2C[C@@H]2COCF)n1. The van der Waals surface area contributed by atoms with Crippen LogP contribution in [0.3, 0.4) is 0 Å². The predicted molar refractivity (Wildman–Crippen MR) is 124 cm³/mol. The highest BCUT2D eigenvalue weighted by Crippen LogP contribution is 2.40. The van der Waals surface area contributed by atoms with Crippen LogP contribution in [0.4, 0.5) is 10.1 Å². The van der Waals surface area contributed by atoms with Crippen molar-refractivity contribution in [1.29, 1.82) is 0 Å². The zero-order valence-corrected chi connectivity index (χ0v) is 20.5. The highest BCUT2D eigenvalue weighted by Gasteiger charge is 2.40. The lowest BCUT2D eigenvalue weighted by Crippen LogP contribution is -2.54. The van der Waals surface area contributed by atoms with Crippen LogP contribution in [0.5, 0.6) is 5.88 Å². The molecule has 2 fully saturated rings. The van der Waals surface area contributed by atoms with Gasteiger partial charge in [0.05, 0.1) is 25.9 Å². The molecule has 1 saturated heterocycles. The van der Waals surface area contributed by atoms with Crippen LogP contribution >= 0.6 is 0 Å². The molecule has 0 radical (unpaired) electrons. The number of carbonyl (C=O) groups is 2. The van der Waals surface area contributed by atoms with Crippen molar-refractivity contribution in [1.82, 2.24) is 10.3 Å². The largest absolute Gasteiger partial charge is 0.476 e. The van der Waals surface area contributed by atoms with Crippen LogP contribution in [0.1, 0.15) is 50.5 Å². The Bertz CT molecular complexity index is 844. The highest BCUT2D eigenvalue weighted by molar-refractivity contribution is 5.97. The van der Waals surface area contributed by atoms with E-state index in [2.05, 4.69) is 15.2 Å². The summed E-state index contributed by atoms with van der Waals surface area (Å²) in [6.07, 6.45) is 1.83.